The van der Waals surface area contributed by atoms with Crippen molar-refractivity contribution in [1.29, 1.82) is 0 Å². The molecule has 0 unspecified atom stereocenters. The molecule has 2 N–H and O–H groups in total. The van der Waals surface area contributed by atoms with Crippen LogP contribution in [0.4, 0.5) is 5.82 Å². The molecule has 0 saturated heterocycles. The van der Waals surface area contributed by atoms with Gasteiger partial charge < -0.3 is 10.6 Å². The van der Waals surface area contributed by atoms with Crippen LogP contribution in [-0.4, -0.2) is 24.0 Å². The molecule has 100 valence electrons. The summed E-state index contributed by atoms with van der Waals surface area (Å²) in [5, 5.41) is 6.01. The molecule has 0 atom stereocenters. The molecule has 1 heterocycles. The SMILES string of the molecule is CCNc1ncc(Br)cc1C(=O)NCCC(C)C. The summed E-state index contributed by atoms with van der Waals surface area (Å²) in [5.41, 5.74) is 0.579. The molecule has 1 aromatic heterocycles. The van der Waals surface area contributed by atoms with Crippen LogP contribution in [0, 0.1) is 5.92 Å². The molecule has 0 bridgehead atoms. The van der Waals surface area contributed by atoms with E-state index in [0.29, 0.717) is 23.8 Å². The van der Waals surface area contributed by atoms with Crippen molar-refractivity contribution >= 4 is 27.7 Å². The fourth-order valence-corrected chi connectivity index (χ4v) is 1.82. The molecule has 0 fully saturated rings. The van der Waals surface area contributed by atoms with E-state index >= 15 is 0 Å². The molecule has 5 heteroatoms. The lowest BCUT2D eigenvalue weighted by molar-refractivity contribution is 0.0952. The van der Waals surface area contributed by atoms with Gasteiger partial charge in [-0.05, 0) is 41.3 Å². The number of halogens is 1. The highest BCUT2D eigenvalue weighted by Crippen LogP contribution is 2.17. The van der Waals surface area contributed by atoms with Crippen molar-refractivity contribution in [2.75, 3.05) is 18.4 Å². The first-order valence-corrected chi connectivity index (χ1v) is 7.01. The summed E-state index contributed by atoms with van der Waals surface area (Å²) < 4.78 is 0.804. The summed E-state index contributed by atoms with van der Waals surface area (Å²) in [5.74, 6) is 1.13. The highest BCUT2D eigenvalue weighted by atomic mass is 79.9. The van der Waals surface area contributed by atoms with Gasteiger partial charge in [0.25, 0.3) is 5.91 Å². The van der Waals surface area contributed by atoms with Crippen molar-refractivity contribution in [3.05, 3.63) is 22.3 Å². The third kappa shape index (κ3) is 4.64. The molecule has 0 aliphatic heterocycles. The summed E-state index contributed by atoms with van der Waals surface area (Å²) >= 11 is 3.34. The Bertz CT molecular complexity index is 407. The molecule has 1 aromatic rings. The topological polar surface area (TPSA) is 54.0 Å². The van der Waals surface area contributed by atoms with Crippen molar-refractivity contribution in [3.63, 3.8) is 0 Å². The largest absolute Gasteiger partial charge is 0.370 e. The Morgan fingerprint density at radius 3 is 2.83 bits per heavy atom. The molecule has 0 aliphatic rings. The zero-order valence-corrected chi connectivity index (χ0v) is 12.7. The molecule has 0 radical (unpaired) electrons. The second-order valence-electron chi connectivity index (χ2n) is 4.52. The van der Waals surface area contributed by atoms with Crippen LogP contribution in [-0.2, 0) is 0 Å². The minimum Gasteiger partial charge on any atom is -0.370 e. The van der Waals surface area contributed by atoms with Crippen LogP contribution in [0.1, 0.15) is 37.6 Å². The Labute approximate surface area is 117 Å². The Morgan fingerprint density at radius 2 is 2.22 bits per heavy atom. The molecule has 4 nitrogen and oxygen atoms in total. The van der Waals surface area contributed by atoms with Crippen molar-refractivity contribution in [2.45, 2.75) is 27.2 Å². The molecular formula is C13H20BrN3O. The van der Waals surface area contributed by atoms with E-state index in [9.17, 15) is 4.79 Å². The Balaban J connectivity index is 2.73. The van der Waals surface area contributed by atoms with Gasteiger partial charge in [0.05, 0.1) is 5.56 Å². The van der Waals surface area contributed by atoms with Gasteiger partial charge in [-0.25, -0.2) is 4.98 Å². The summed E-state index contributed by atoms with van der Waals surface area (Å²) in [6.07, 6.45) is 2.66. The minimum absolute atomic E-state index is 0.0830. The zero-order chi connectivity index (χ0) is 13.5. The number of hydrogen-bond acceptors (Lipinski definition) is 3. The third-order valence-electron chi connectivity index (χ3n) is 2.45. The van der Waals surface area contributed by atoms with Crippen LogP contribution in [0.3, 0.4) is 0 Å². The lowest BCUT2D eigenvalue weighted by Crippen LogP contribution is -2.26. The van der Waals surface area contributed by atoms with E-state index in [1.54, 1.807) is 12.3 Å². The molecule has 0 spiro atoms. The van der Waals surface area contributed by atoms with Crippen molar-refractivity contribution < 1.29 is 4.79 Å². The van der Waals surface area contributed by atoms with Gasteiger partial charge in [-0.15, -0.1) is 0 Å². The second kappa shape index (κ2) is 7.36. The Morgan fingerprint density at radius 1 is 1.50 bits per heavy atom. The number of carbonyl (C=O) groups is 1. The van der Waals surface area contributed by atoms with E-state index < -0.39 is 0 Å². The second-order valence-corrected chi connectivity index (χ2v) is 5.43. The van der Waals surface area contributed by atoms with Crippen LogP contribution < -0.4 is 10.6 Å². The standard InChI is InChI=1S/C13H20BrN3O/c1-4-15-12-11(7-10(14)8-17-12)13(18)16-6-5-9(2)3/h7-9H,4-6H2,1-3H3,(H,15,17)(H,16,18). The maximum absolute atomic E-state index is 12.1. The highest BCUT2D eigenvalue weighted by Gasteiger charge is 2.12. The number of nitrogens with one attached hydrogen (secondary N) is 2. The van der Waals surface area contributed by atoms with E-state index in [-0.39, 0.29) is 5.91 Å². The van der Waals surface area contributed by atoms with Gasteiger partial charge in [-0.1, -0.05) is 13.8 Å². The molecule has 0 aliphatic carbocycles. The van der Waals surface area contributed by atoms with Gasteiger partial charge in [0.15, 0.2) is 0 Å². The van der Waals surface area contributed by atoms with Crippen molar-refractivity contribution in [3.8, 4) is 0 Å². The monoisotopic (exact) mass is 313 g/mol. The maximum atomic E-state index is 12.1. The van der Waals surface area contributed by atoms with Crippen LogP contribution in [0.2, 0.25) is 0 Å². The third-order valence-corrected chi connectivity index (χ3v) is 2.88. The lowest BCUT2D eigenvalue weighted by Gasteiger charge is -2.11. The highest BCUT2D eigenvalue weighted by molar-refractivity contribution is 9.10. The van der Waals surface area contributed by atoms with Crippen LogP contribution in [0.15, 0.2) is 16.7 Å². The van der Waals surface area contributed by atoms with E-state index in [1.807, 2.05) is 6.92 Å². The van der Waals surface area contributed by atoms with Crippen LogP contribution >= 0.6 is 15.9 Å². The van der Waals surface area contributed by atoms with Crippen molar-refractivity contribution in [2.24, 2.45) is 5.92 Å². The van der Waals surface area contributed by atoms with Gasteiger partial charge >= 0.3 is 0 Å². The number of aromatic nitrogens is 1. The number of amides is 1. The van der Waals surface area contributed by atoms with Crippen LogP contribution in [0.5, 0.6) is 0 Å². The smallest absolute Gasteiger partial charge is 0.255 e. The number of rotatable bonds is 6. The fraction of sp³-hybridized carbons (Fsp3) is 0.538. The number of nitrogens with zero attached hydrogens (tertiary/aromatic N) is 1. The average Bonchev–Trinajstić information content (AvgIpc) is 2.31. The number of anilines is 1. The lowest BCUT2D eigenvalue weighted by atomic mass is 10.1. The first-order chi connectivity index (χ1) is 8.54. The summed E-state index contributed by atoms with van der Waals surface area (Å²) in [6, 6.07) is 1.79. The minimum atomic E-state index is -0.0830. The van der Waals surface area contributed by atoms with Gasteiger partial charge in [-0.3, -0.25) is 4.79 Å². The van der Waals surface area contributed by atoms with E-state index in [4.69, 9.17) is 0 Å². The predicted molar refractivity (Wildman–Crippen MR) is 77.9 cm³/mol. The molecule has 0 aromatic carbocycles. The number of pyridine rings is 1. The fourth-order valence-electron chi connectivity index (χ4n) is 1.49. The van der Waals surface area contributed by atoms with E-state index in [1.165, 1.54) is 0 Å². The first-order valence-electron chi connectivity index (χ1n) is 6.22. The average molecular weight is 314 g/mol. The molecular weight excluding hydrogens is 294 g/mol. The maximum Gasteiger partial charge on any atom is 0.255 e. The number of carbonyl (C=O) groups excluding carboxylic acids is 1. The first kappa shape index (κ1) is 15.0. The van der Waals surface area contributed by atoms with E-state index in [2.05, 4.69) is 45.4 Å². The Kier molecular flexibility index (Phi) is 6.12. The van der Waals surface area contributed by atoms with E-state index in [0.717, 1.165) is 17.4 Å². The zero-order valence-electron chi connectivity index (χ0n) is 11.1. The molecule has 1 rings (SSSR count). The molecule has 1 amide bonds. The quantitative estimate of drug-likeness (QED) is 0.848. The normalized spacial score (nSPS) is 10.5. The van der Waals surface area contributed by atoms with Crippen LogP contribution in [0.25, 0.3) is 0 Å². The predicted octanol–water partition coefficient (Wildman–Crippen LogP) is 3.05. The van der Waals surface area contributed by atoms with Crippen molar-refractivity contribution in [1.82, 2.24) is 10.3 Å². The van der Waals surface area contributed by atoms with Gasteiger partial charge in [0.1, 0.15) is 5.82 Å². The van der Waals surface area contributed by atoms with Gasteiger partial charge in [0.2, 0.25) is 0 Å². The summed E-state index contributed by atoms with van der Waals surface area (Å²) in [7, 11) is 0. The van der Waals surface area contributed by atoms with Gasteiger partial charge in [0, 0.05) is 23.8 Å². The van der Waals surface area contributed by atoms with Gasteiger partial charge in [-0.2, -0.15) is 0 Å². The Hall–Kier alpha value is -1.10. The molecule has 18 heavy (non-hydrogen) atoms. The summed E-state index contributed by atoms with van der Waals surface area (Å²) in [6.45, 7) is 7.67. The molecule has 0 saturated carbocycles. The summed E-state index contributed by atoms with van der Waals surface area (Å²) in [4.78, 5) is 16.3. The number of hydrogen-bond donors (Lipinski definition) is 2.